The van der Waals surface area contributed by atoms with Gasteiger partial charge in [-0.2, -0.15) is 5.26 Å². The van der Waals surface area contributed by atoms with Crippen molar-refractivity contribution in [1.29, 1.82) is 5.26 Å². The van der Waals surface area contributed by atoms with E-state index in [1.165, 1.54) is 0 Å². The summed E-state index contributed by atoms with van der Waals surface area (Å²) in [6.45, 7) is 4.09. The van der Waals surface area contributed by atoms with Crippen LogP contribution in [0.2, 0.25) is 0 Å². The van der Waals surface area contributed by atoms with E-state index in [4.69, 9.17) is 14.7 Å². The molecule has 0 aromatic heterocycles. The number of hydrogen-bond donors (Lipinski definition) is 1. The highest BCUT2D eigenvalue weighted by Gasteiger charge is 2.16. The smallest absolute Gasteiger partial charge is 0.125 e. The fourth-order valence-electron chi connectivity index (χ4n) is 1.42. The van der Waals surface area contributed by atoms with E-state index in [1.807, 2.05) is 13.8 Å². The molecule has 0 aliphatic rings. The van der Waals surface area contributed by atoms with Gasteiger partial charge in [-0.1, -0.05) is 0 Å². The molecule has 0 bridgehead atoms. The Bertz CT molecular complexity index is 435. The third-order valence-electron chi connectivity index (χ3n) is 2.73. The van der Waals surface area contributed by atoms with Crippen molar-refractivity contribution in [3.63, 3.8) is 0 Å². The topological polar surface area (TPSA) is 62.5 Å². The van der Waals surface area contributed by atoms with Gasteiger partial charge in [0.25, 0.3) is 0 Å². The summed E-state index contributed by atoms with van der Waals surface area (Å²) in [6, 6.07) is 7.52. The lowest BCUT2D eigenvalue weighted by Crippen LogP contribution is -2.13. The molecular formula is C14H19NO3. The van der Waals surface area contributed by atoms with Crippen molar-refractivity contribution in [1.82, 2.24) is 0 Å². The zero-order chi connectivity index (χ0) is 13.6. The monoisotopic (exact) mass is 249 g/mol. The van der Waals surface area contributed by atoms with Crippen LogP contribution in [0.3, 0.4) is 0 Å². The molecule has 0 spiro atoms. The summed E-state index contributed by atoms with van der Waals surface area (Å²) >= 11 is 0. The first-order valence-electron chi connectivity index (χ1n) is 5.84. The van der Waals surface area contributed by atoms with Crippen LogP contribution in [0.4, 0.5) is 0 Å². The predicted octanol–water partition coefficient (Wildman–Crippen LogP) is 2.51. The van der Waals surface area contributed by atoms with Gasteiger partial charge < -0.3 is 14.6 Å². The Kier molecular flexibility index (Phi) is 4.99. The van der Waals surface area contributed by atoms with Gasteiger partial charge in [0.15, 0.2) is 0 Å². The molecule has 0 atom stereocenters. The van der Waals surface area contributed by atoms with Crippen LogP contribution in [0, 0.1) is 16.7 Å². The summed E-state index contributed by atoms with van der Waals surface area (Å²) in [6.07, 6.45) is 0.639. The molecule has 0 heterocycles. The average Bonchev–Trinajstić information content (AvgIpc) is 2.38. The molecule has 0 fully saturated rings. The Morgan fingerprint density at radius 1 is 1.39 bits per heavy atom. The van der Waals surface area contributed by atoms with Crippen LogP contribution in [0.15, 0.2) is 18.2 Å². The summed E-state index contributed by atoms with van der Waals surface area (Å²) in [5, 5.41) is 18.2. The first-order chi connectivity index (χ1) is 8.52. The fraction of sp³-hybridized carbons (Fsp3) is 0.500. The number of benzene rings is 1. The van der Waals surface area contributed by atoms with E-state index in [-0.39, 0.29) is 6.61 Å². The minimum absolute atomic E-state index is 0.103. The minimum Gasteiger partial charge on any atom is -0.497 e. The quantitative estimate of drug-likeness (QED) is 0.841. The lowest BCUT2D eigenvalue weighted by molar-refractivity contribution is 0.243. The summed E-state index contributed by atoms with van der Waals surface area (Å²) in [4.78, 5) is 0. The number of hydrogen-bond acceptors (Lipinski definition) is 4. The summed E-state index contributed by atoms with van der Waals surface area (Å²) in [7, 11) is 1.58. The van der Waals surface area contributed by atoms with Gasteiger partial charge >= 0.3 is 0 Å². The van der Waals surface area contributed by atoms with Crippen molar-refractivity contribution in [2.24, 2.45) is 5.41 Å². The minimum atomic E-state index is -0.397. The predicted molar refractivity (Wildman–Crippen MR) is 68.4 cm³/mol. The van der Waals surface area contributed by atoms with Gasteiger partial charge in [-0.3, -0.25) is 0 Å². The van der Waals surface area contributed by atoms with Crippen LogP contribution in [0.1, 0.15) is 25.8 Å². The van der Waals surface area contributed by atoms with Crippen LogP contribution in [0.25, 0.3) is 0 Å². The molecule has 1 rings (SSSR count). The van der Waals surface area contributed by atoms with Crippen LogP contribution in [-0.4, -0.2) is 18.8 Å². The van der Waals surface area contributed by atoms with Crippen LogP contribution in [-0.2, 0) is 6.61 Å². The molecule has 1 N–H and O–H groups in total. The van der Waals surface area contributed by atoms with E-state index in [0.717, 1.165) is 0 Å². The number of nitrogens with zero attached hydrogens (tertiary/aromatic N) is 1. The Balaban J connectivity index is 2.65. The van der Waals surface area contributed by atoms with Gasteiger partial charge in [-0.05, 0) is 38.5 Å². The second kappa shape index (κ2) is 6.27. The van der Waals surface area contributed by atoms with E-state index in [1.54, 1.807) is 25.3 Å². The van der Waals surface area contributed by atoms with E-state index < -0.39 is 5.41 Å². The van der Waals surface area contributed by atoms with Gasteiger partial charge in [0.1, 0.15) is 11.5 Å². The van der Waals surface area contributed by atoms with Gasteiger partial charge in [0, 0.05) is 5.56 Å². The standard InChI is InChI=1S/C14H19NO3/c1-14(2,10-15)6-7-18-13-5-4-12(17-3)8-11(13)9-16/h4-5,8,16H,6-7,9H2,1-3H3. The molecule has 18 heavy (non-hydrogen) atoms. The molecule has 0 aliphatic carbocycles. The summed E-state index contributed by atoms with van der Waals surface area (Å²) in [5.41, 5.74) is 0.287. The summed E-state index contributed by atoms with van der Waals surface area (Å²) in [5.74, 6) is 1.32. The maximum atomic E-state index is 9.26. The number of ether oxygens (including phenoxy) is 2. The van der Waals surface area contributed by atoms with Crippen molar-refractivity contribution < 1.29 is 14.6 Å². The Morgan fingerprint density at radius 3 is 2.67 bits per heavy atom. The van der Waals surface area contributed by atoms with Crippen molar-refractivity contribution in [2.45, 2.75) is 26.9 Å². The molecule has 0 aliphatic heterocycles. The highest BCUT2D eigenvalue weighted by atomic mass is 16.5. The van der Waals surface area contributed by atoms with Crippen LogP contribution in [0.5, 0.6) is 11.5 Å². The first kappa shape index (κ1) is 14.3. The van der Waals surface area contributed by atoms with E-state index in [2.05, 4.69) is 6.07 Å². The molecule has 0 unspecified atom stereocenters. The number of aliphatic hydroxyl groups excluding tert-OH is 1. The van der Waals surface area contributed by atoms with Crippen LogP contribution < -0.4 is 9.47 Å². The number of methoxy groups -OCH3 is 1. The third kappa shape index (κ3) is 3.94. The van der Waals surface area contributed by atoms with Crippen molar-refractivity contribution in [2.75, 3.05) is 13.7 Å². The number of nitriles is 1. The average molecular weight is 249 g/mol. The fourth-order valence-corrected chi connectivity index (χ4v) is 1.42. The van der Waals surface area contributed by atoms with Gasteiger partial charge in [0.2, 0.25) is 0 Å². The zero-order valence-electron chi connectivity index (χ0n) is 11.1. The lowest BCUT2D eigenvalue weighted by atomic mass is 9.92. The van der Waals surface area contributed by atoms with E-state index >= 15 is 0 Å². The van der Waals surface area contributed by atoms with Crippen molar-refractivity contribution in [3.05, 3.63) is 23.8 Å². The second-order valence-corrected chi connectivity index (χ2v) is 4.73. The lowest BCUT2D eigenvalue weighted by Gasteiger charge is -2.16. The molecule has 0 saturated carbocycles. The third-order valence-corrected chi connectivity index (χ3v) is 2.73. The van der Waals surface area contributed by atoms with Gasteiger partial charge in [-0.15, -0.1) is 0 Å². The zero-order valence-corrected chi connectivity index (χ0v) is 11.1. The van der Waals surface area contributed by atoms with Gasteiger partial charge in [0.05, 0.1) is 31.8 Å². The largest absolute Gasteiger partial charge is 0.497 e. The molecule has 1 aromatic carbocycles. The number of rotatable bonds is 6. The first-order valence-corrected chi connectivity index (χ1v) is 5.84. The molecular weight excluding hydrogens is 230 g/mol. The Labute approximate surface area is 108 Å². The summed E-state index contributed by atoms with van der Waals surface area (Å²) < 4.78 is 10.7. The number of aliphatic hydroxyl groups is 1. The Hall–Kier alpha value is -1.73. The maximum Gasteiger partial charge on any atom is 0.125 e. The molecule has 0 saturated heterocycles. The molecule has 4 nitrogen and oxygen atoms in total. The molecule has 4 heteroatoms. The normalized spacial score (nSPS) is 10.8. The van der Waals surface area contributed by atoms with Crippen LogP contribution >= 0.6 is 0 Å². The SMILES string of the molecule is COc1ccc(OCCC(C)(C)C#N)c(CO)c1. The highest BCUT2D eigenvalue weighted by molar-refractivity contribution is 5.39. The van der Waals surface area contributed by atoms with Crippen molar-refractivity contribution >= 4 is 0 Å². The molecule has 0 amide bonds. The van der Waals surface area contributed by atoms with Gasteiger partial charge in [-0.25, -0.2) is 0 Å². The van der Waals surface area contributed by atoms with Crippen molar-refractivity contribution in [3.8, 4) is 17.6 Å². The Morgan fingerprint density at radius 2 is 2.11 bits per heavy atom. The van der Waals surface area contributed by atoms with E-state index in [9.17, 15) is 5.11 Å². The second-order valence-electron chi connectivity index (χ2n) is 4.73. The van der Waals surface area contributed by atoms with E-state index in [0.29, 0.717) is 30.1 Å². The molecule has 0 radical (unpaired) electrons. The maximum absolute atomic E-state index is 9.26. The molecule has 98 valence electrons. The molecule has 1 aromatic rings. The highest BCUT2D eigenvalue weighted by Crippen LogP contribution is 2.25.